The molecule has 0 unspecified atom stereocenters. The number of hydrogen-bond acceptors (Lipinski definition) is 6. The van der Waals surface area contributed by atoms with Crippen LogP contribution in [-0.2, 0) is 16.0 Å². The fourth-order valence-electron chi connectivity index (χ4n) is 4.14. The molecule has 10 heteroatoms. The van der Waals surface area contributed by atoms with Crippen molar-refractivity contribution in [3.8, 4) is 0 Å². The lowest BCUT2D eigenvalue weighted by Gasteiger charge is -2.37. The predicted molar refractivity (Wildman–Crippen MR) is 142 cm³/mol. The number of aromatic nitrogens is 2. The summed E-state index contributed by atoms with van der Waals surface area (Å²) >= 11 is 12.2. The van der Waals surface area contributed by atoms with Gasteiger partial charge in [0.1, 0.15) is 17.5 Å². The van der Waals surface area contributed by atoms with Crippen LogP contribution >= 0.6 is 23.2 Å². The molecule has 1 aromatic heterocycles. The van der Waals surface area contributed by atoms with Gasteiger partial charge in [0.05, 0.1) is 5.52 Å². The van der Waals surface area contributed by atoms with Crippen LogP contribution in [0.3, 0.4) is 0 Å². The summed E-state index contributed by atoms with van der Waals surface area (Å²) in [5, 5.41) is 4.48. The van der Waals surface area contributed by atoms with E-state index in [4.69, 9.17) is 27.9 Å². The van der Waals surface area contributed by atoms with Gasteiger partial charge < -0.3 is 19.9 Å². The van der Waals surface area contributed by atoms with Crippen molar-refractivity contribution in [1.29, 1.82) is 0 Å². The van der Waals surface area contributed by atoms with Gasteiger partial charge in [-0.05, 0) is 62.2 Å². The largest absolute Gasteiger partial charge is 0.444 e. The number of para-hydroxylation sites is 1. The number of piperazine rings is 1. The lowest BCUT2D eigenvalue weighted by molar-refractivity contribution is -0.133. The molecule has 2 amide bonds. The number of carbonyl (C=O) groups excluding carboxylic acids is 2. The van der Waals surface area contributed by atoms with Gasteiger partial charge in [0.25, 0.3) is 0 Å². The molecule has 0 saturated carbocycles. The summed E-state index contributed by atoms with van der Waals surface area (Å²) in [7, 11) is 0. The second-order valence-corrected chi connectivity index (χ2v) is 10.4. The minimum Gasteiger partial charge on any atom is -0.444 e. The average molecular weight is 530 g/mol. The fraction of sp³-hybridized carbons (Fsp3) is 0.385. The van der Waals surface area contributed by atoms with Crippen LogP contribution in [0.5, 0.6) is 0 Å². The van der Waals surface area contributed by atoms with Gasteiger partial charge in [-0.2, -0.15) is 4.98 Å². The molecule has 0 aliphatic carbocycles. The van der Waals surface area contributed by atoms with Crippen LogP contribution in [0.2, 0.25) is 10.3 Å². The summed E-state index contributed by atoms with van der Waals surface area (Å²) < 4.78 is 5.41. The first-order valence-corrected chi connectivity index (χ1v) is 12.5. The Hall–Kier alpha value is -3.10. The number of benzene rings is 2. The van der Waals surface area contributed by atoms with E-state index < -0.39 is 17.7 Å². The van der Waals surface area contributed by atoms with E-state index in [-0.39, 0.29) is 11.2 Å². The fourth-order valence-corrected chi connectivity index (χ4v) is 4.44. The van der Waals surface area contributed by atoms with Gasteiger partial charge in [0, 0.05) is 43.0 Å². The van der Waals surface area contributed by atoms with Crippen molar-refractivity contribution < 1.29 is 14.3 Å². The molecule has 2 heterocycles. The van der Waals surface area contributed by atoms with Crippen LogP contribution < -0.4 is 10.2 Å². The highest BCUT2D eigenvalue weighted by Gasteiger charge is 2.31. The maximum absolute atomic E-state index is 13.5. The van der Waals surface area contributed by atoms with Gasteiger partial charge in [-0.3, -0.25) is 4.79 Å². The van der Waals surface area contributed by atoms with Crippen molar-refractivity contribution in [1.82, 2.24) is 20.2 Å². The summed E-state index contributed by atoms with van der Waals surface area (Å²) in [6, 6.07) is 14.2. The smallest absolute Gasteiger partial charge is 0.408 e. The number of fused-ring (bicyclic) bond motifs is 1. The summed E-state index contributed by atoms with van der Waals surface area (Å²) in [5.74, 6) is 0.586. The number of carbonyl (C=O) groups is 2. The zero-order chi connectivity index (χ0) is 25.9. The van der Waals surface area contributed by atoms with E-state index in [0.29, 0.717) is 37.6 Å². The highest BCUT2D eigenvalue weighted by molar-refractivity contribution is 6.30. The minimum absolute atomic E-state index is 0.166. The molecule has 1 aliphatic rings. The lowest BCUT2D eigenvalue weighted by atomic mass is 10.0. The van der Waals surface area contributed by atoms with Gasteiger partial charge in [-0.15, -0.1) is 0 Å². The summed E-state index contributed by atoms with van der Waals surface area (Å²) in [4.78, 5) is 38.7. The molecule has 4 rings (SSSR count). The topological polar surface area (TPSA) is 87.7 Å². The quantitative estimate of drug-likeness (QED) is 0.481. The number of rotatable bonds is 5. The van der Waals surface area contributed by atoms with E-state index in [1.807, 2.05) is 36.4 Å². The molecule has 1 saturated heterocycles. The number of alkyl carbamates (subject to hydrolysis) is 1. The number of amides is 2. The van der Waals surface area contributed by atoms with Gasteiger partial charge >= 0.3 is 6.09 Å². The Morgan fingerprint density at radius 2 is 1.67 bits per heavy atom. The second kappa shape index (κ2) is 10.9. The molecule has 0 bridgehead atoms. The number of anilines is 1. The molecule has 2 aromatic carbocycles. The van der Waals surface area contributed by atoms with Gasteiger partial charge in [0.2, 0.25) is 11.2 Å². The van der Waals surface area contributed by atoms with Crippen molar-refractivity contribution >= 4 is 51.9 Å². The zero-order valence-electron chi connectivity index (χ0n) is 20.5. The first-order valence-electron chi connectivity index (χ1n) is 11.8. The SMILES string of the molecule is CC(C)(C)OC(=O)N[C@H](Cc1ccc(Cl)cc1)C(=O)N1CCN(c2nc(Cl)nc3ccccc23)CC1. The molecule has 190 valence electrons. The molecule has 0 spiro atoms. The van der Waals surface area contributed by atoms with E-state index in [1.165, 1.54) is 0 Å². The monoisotopic (exact) mass is 529 g/mol. The van der Waals surface area contributed by atoms with Gasteiger partial charge in [-0.1, -0.05) is 35.9 Å². The van der Waals surface area contributed by atoms with Crippen LogP contribution in [0.25, 0.3) is 10.9 Å². The second-order valence-electron chi connectivity index (χ2n) is 9.68. The van der Waals surface area contributed by atoms with Gasteiger partial charge in [-0.25, -0.2) is 9.78 Å². The van der Waals surface area contributed by atoms with Crippen molar-refractivity contribution in [2.24, 2.45) is 0 Å². The zero-order valence-corrected chi connectivity index (χ0v) is 22.0. The average Bonchev–Trinajstić information content (AvgIpc) is 2.83. The molecular weight excluding hydrogens is 501 g/mol. The molecule has 1 fully saturated rings. The van der Waals surface area contributed by atoms with Crippen LogP contribution in [0.4, 0.5) is 10.6 Å². The molecule has 1 aliphatic heterocycles. The van der Waals surface area contributed by atoms with Crippen LogP contribution in [-0.4, -0.2) is 64.7 Å². The van der Waals surface area contributed by atoms with E-state index in [9.17, 15) is 9.59 Å². The third-order valence-electron chi connectivity index (χ3n) is 5.79. The highest BCUT2D eigenvalue weighted by Crippen LogP contribution is 2.26. The molecule has 1 N–H and O–H groups in total. The lowest BCUT2D eigenvalue weighted by Crippen LogP contribution is -2.56. The van der Waals surface area contributed by atoms with Crippen molar-refractivity contribution in [2.75, 3.05) is 31.1 Å². The Bertz CT molecular complexity index is 1240. The number of ether oxygens (including phenoxy) is 1. The normalized spacial score (nSPS) is 15.0. The number of hydrogen-bond donors (Lipinski definition) is 1. The maximum atomic E-state index is 13.5. The van der Waals surface area contributed by atoms with Crippen LogP contribution in [0.1, 0.15) is 26.3 Å². The standard InChI is InChI=1S/C26H29Cl2N5O3/c1-26(2,3)36-25(35)30-21(16-17-8-10-18(27)11-9-17)23(34)33-14-12-32(13-15-33)22-19-6-4-5-7-20(19)29-24(28)31-22/h4-11,21H,12-16H2,1-3H3,(H,30,35)/t21-/m1/s1. The molecule has 36 heavy (non-hydrogen) atoms. The van der Waals surface area contributed by atoms with E-state index in [1.54, 1.807) is 37.8 Å². The summed E-state index contributed by atoms with van der Waals surface area (Å²) in [6.07, 6.45) is -0.308. The van der Waals surface area contributed by atoms with Gasteiger partial charge in [0.15, 0.2) is 0 Å². The number of halogens is 2. The van der Waals surface area contributed by atoms with Crippen LogP contribution in [0, 0.1) is 0 Å². The molecule has 1 atom stereocenters. The number of nitrogens with zero attached hydrogens (tertiary/aromatic N) is 4. The van der Waals surface area contributed by atoms with Crippen LogP contribution in [0.15, 0.2) is 48.5 Å². The predicted octanol–water partition coefficient (Wildman–Crippen LogP) is 4.72. The highest BCUT2D eigenvalue weighted by atomic mass is 35.5. The maximum Gasteiger partial charge on any atom is 0.408 e. The summed E-state index contributed by atoms with van der Waals surface area (Å²) in [6.45, 7) is 7.44. The first kappa shape index (κ1) is 26.0. The van der Waals surface area contributed by atoms with E-state index in [2.05, 4.69) is 20.2 Å². The Kier molecular flexibility index (Phi) is 7.85. The van der Waals surface area contributed by atoms with Crippen molar-refractivity contribution in [3.05, 3.63) is 64.4 Å². The third kappa shape index (κ3) is 6.56. The Balaban J connectivity index is 1.48. The van der Waals surface area contributed by atoms with Crippen molar-refractivity contribution in [2.45, 2.75) is 38.8 Å². The van der Waals surface area contributed by atoms with E-state index in [0.717, 1.165) is 22.3 Å². The minimum atomic E-state index is -0.776. The summed E-state index contributed by atoms with van der Waals surface area (Å²) in [5.41, 5.74) is 0.982. The Morgan fingerprint density at radius 1 is 1.00 bits per heavy atom. The Labute approximate surface area is 220 Å². The molecular formula is C26H29Cl2N5O3. The van der Waals surface area contributed by atoms with Crippen molar-refractivity contribution in [3.63, 3.8) is 0 Å². The first-order chi connectivity index (χ1) is 17.1. The Morgan fingerprint density at radius 3 is 2.33 bits per heavy atom. The molecule has 3 aromatic rings. The molecule has 8 nitrogen and oxygen atoms in total. The van der Waals surface area contributed by atoms with E-state index >= 15 is 0 Å². The number of nitrogens with one attached hydrogen (secondary N) is 1. The third-order valence-corrected chi connectivity index (χ3v) is 6.21. The molecule has 0 radical (unpaired) electrons.